The van der Waals surface area contributed by atoms with Crippen molar-refractivity contribution in [3.05, 3.63) is 60.2 Å². The molecule has 0 radical (unpaired) electrons. The van der Waals surface area contributed by atoms with Gasteiger partial charge in [0.15, 0.2) is 0 Å². The zero-order valence-electron chi connectivity index (χ0n) is 15.5. The van der Waals surface area contributed by atoms with E-state index in [-0.39, 0.29) is 29.5 Å². The van der Waals surface area contributed by atoms with Crippen LogP contribution < -0.4 is 5.73 Å². The number of hydrogen-bond acceptors (Lipinski definition) is 3. The summed E-state index contributed by atoms with van der Waals surface area (Å²) in [6.45, 7) is 1.50. The highest BCUT2D eigenvalue weighted by Crippen LogP contribution is 2.54. The normalized spacial score (nSPS) is 28.2. The minimum Gasteiger partial charge on any atom is -0.368 e. The van der Waals surface area contributed by atoms with Crippen LogP contribution in [0.4, 0.5) is 0 Å². The molecular formula is C23H26N2O2. The molecule has 27 heavy (non-hydrogen) atoms. The molecule has 0 aromatic heterocycles. The van der Waals surface area contributed by atoms with Crippen LogP contribution in [0.5, 0.6) is 0 Å². The van der Waals surface area contributed by atoms with Gasteiger partial charge in [0.05, 0.1) is 12.6 Å². The van der Waals surface area contributed by atoms with Gasteiger partial charge in [-0.15, -0.1) is 0 Å². The van der Waals surface area contributed by atoms with Crippen molar-refractivity contribution >= 4 is 5.91 Å². The van der Waals surface area contributed by atoms with Gasteiger partial charge in [0.25, 0.3) is 5.91 Å². The molecule has 1 spiro atoms. The molecule has 3 atom stereocenters. The second kappa shape index (κ2) is 6.47. The van der Waals surface area contributed by atoms with E-state index in [0.29, 0.717) is 6.61 Å². The highest BCUT2D eigenvalue weighted by Gasteiger charge is 2.59. The van der Waals surface area contributed by atoms with Crippen molar-refractivity contribution in [3.63, 3.8) is 0 Å². The third kappa shape index (κ3) is 2.97. The number of nitrogens with zero attached hydrogens (tertiary/aromatic N) is 1. The first kappa shape index (κ1) is 17.0. The number of hydrogen-bond donors (Lipinski definition) is 1. The molecule has 5 rings (SSSR count). The van der Waals surface area contributed by atoms with Crippen LogP contribution in [0.25, 0.3) is 11.1 Å². The fourth-order valence-electron chi connectivity index (χ4n) is 4.66. The van der Waals surface area contributed by atoms with Gasteiger partial charge in [0.2, 0.25) is 0 Å². The summed E-state index contributed by atoms with van der Waals surface area (Å²) in [5.74, 6) is 0.143. The Morgan fingerprint density at radius 3 is 2.52 bits per heavy atom. The van der Waals surface area contributed by atoms with Crippen LogP contribution in [0.15, 0.2) is 54.6 Å². The molecule has 2 saturated heterocycles. The molecule has 1 saturated carbocycles. The van der Waals surface area contributed by atoms with Crippen LogP contribution in [-0.2, 0) is 16.0 Å². The van der Waals surface area contributed by atoms with Crippen molar-refractivity contribution in [2.45, 2.75) is 43.9 Å². The number of likely N-dealkylation sites (tertiary alicyclic amines) is 1. The Morgan fingerprint density at radius 2 is 1.85 bits per heavy atom. The van der Waals surface area contributed by atoms with E-state index in [9.17, 15) is 4.79 Å². The second-order valence-electron chi connectivity index (χ2n) is 8.34. The largest absolute Gasteiger partial charge is 0.368 e. The molecule has 0 unspecified atom stereocenters. The zero-order chi connectivity index (χ0) is 18.4. The van der Waals surface area contributed by atoms with E-state index >= 15 is 0 Å². The van der Waals surface area contributed by atoms with E-state index in [1.54, 1.807) is 0 Å². The molecule has 2 heterocycles. The van der Waals surface area contributed by atoms with Crippen LogP contribution in [0.2, 0.25) is 0 Å². The van der Waals surface area contributed by atoms with Crippen molar-refractivity contribution in [2.24, 2.45) is 11.1 Å². The fourth-order valence-corrected chi connectivity index (χ4v) is 4.66. The van der Waals surface area contributed by atoms with Gasteiger partial charge in [-0.25, -0.2) is 0 Å². The fraction of sp³-hybridized carbons (Fsp3) is 0.435. The Hall–Kier alpha value is -2.17. The average molecular weight is 362 g/mol. The van der Waals surface area contributed by atoms with Gasteiger partial charge in [-0.3, -0.25) is 4.79 Å². The van der Waals surface area contributed by atoms with E-state index in [1.165, 1.54) is 16.7 Å². The lowest BCUT2D eigenvalue weighted by Gasteiger charge is -2.33. The third-order valence-corrected chi connectivity index (χ3v) is 6.64. The quantitative estimate of drug-likeness (QED) is 0.910. The monoisotopic (exact) mass is 362 g/mol. The maximum absolute atomic E-state index is 12.9. The topological polar surface area (TPSA) is 55.6 Å². The summed E-state index contributed by atoms with van der Waals surface area (Å²) in [6, 6.07) is 19.2. The zero-order valence-corrected chi connectivity index (χ0v) is 15.5. The molecule has 3 aliphatic rings. The first-order valence-corrected chi connectivity index (χ1v) is 9.98. The summed E-state index contributed by atoms with van der Waals surface area (Å²) >= 11 is 0. The highest BCUT2D eigenvalue weighted by atomic mass is 16.5. The minimum absolute atomic E-state index is 0.0573. The number of amides is 1. The van der Waals surface area contributed by atoms with Gasteiger partial charge in [-0.1, -0.05) is 54.6 Å². The molecular weight excluding hydrogens is 336 g/mol. The van der Waals surface area contributed by atoms with Crippen LogP contribution in [-0.4, -0.2) is 42.1 Å². The lowest BCUT2D eigenvalue weighted by Crippen LogP contribution is -2.51. The summed E-state index contributed by atoms with van der Waals surface area (Å²) < 4.78 is 5.47. The van der Waals surface area contributed by atoms with Crippen LogP contribution in [0.1, 0.15) is 24.8 Å². The molecule has 0 bridgehead atoms. The molecule has 2 N–H and O–H groups in total. The molecule has 2 aromatic rings. The number of benzene rings is 2. The molecule has 4 nitrogen and oxygen atoms in total. The van der Waals surface area contributed by atoms with E-state index in [0.717, 1.165) is 32.2 Å². The SMILES string of the molecule is N[C@@H]1[C@H](Cc2cccc(-c3ccccc3)c2)N(C(=O)[C@H]2CCO2)CC12CC2. The average Bonchev–Trinajstić information content (AvgIpc) is 3.39. The lowest BCUT2D eigenvalue weighted by molar-refractivity contribution is -0.157. The van der Waals surface area contributed by atoms with Gasteiger partial charge < -0.3 is 15.4 Å². The van der Waals surface area contributed by atoms with Crippen LogP contribution >= 0.6 is 0 Å². The Bertz CT molecular complexity index is 842. The Kier molecular flexibility index (Phi) is 4.06. The Balaban J connectivity index is 1.40. The van der Waals surface area contributed by atoms with Crippen molar-refractivity contribution < 1.29 is 9.53 Å². The first-order valence-electron chi connectivity index (χ1n) is 9.98. The standard InChI is InChI=1S/C23H26N2O2/c24-21-19(25(15-23(21)10-11-23)22(26)20-9-12-27-20)14-16-5-4-8-18(13-16)17-6-2-1-3-7-17/h1-8,13,19-21H,9-12,14-15,24H2/t19-,20+,21+/m0/s1. The molecule has 2 aliphatic heterocycles. The summed E-state index contributed by atoms with van der Waals surface area (Å²) in [5, 5.41) is 0. The van der Waals surface area contributed by atoms with E-state index in [2.05, 4.69) is 48.5 Å². The van der Waals surface area contributed by atoms with Crippen LogP contribution in [0.3, 0.4) is 0 Å². The summed E-state index contributed by atoms with van der Waals surface area (Å²) in [4.78, 5) is 15.0. The van der Waals surface area contributed by atoms with Gasteiger partial charge >= 0.3 is 0 Å². The Labute approximate surface area is 160 Å². The number of rotatable bonds is 4. The molecule has 3 fully saturated rings. The van der Waals surface area contributed by atoms with Crippen molar-refractivity contribution in [1.29, 1.82) is 0 Å². The maximum Gasteiger partial charge on any atom is 0.252 e. The highest BCUT2D eigenvalue weighted by molar-refractivity contribution is 5.82. The molecule has 2 aromatic carbocycles. The molecule has 1 amide bonds. The second-order valence-corrected chi connectivity index (χ2v) is 8.34. The number of nitrogens with two attached hydrogens (primary N) is 1. The van der Waals surface area contributed by atoms with Gasteiger partial charge in [0.1, 0.15) is 6.10 Å². The third-order valence-electron chi connectivity index (χ3n) is 6.64. The molecule has 4 heteroatoms. The van der Waals surface area contributed by atoms with Crippen molar-refractivity contribution in [3.8, 4) is 11.1 Å². The smallest absolute Gasteiger partial charge is 0.252 e. The molecule has 1 aliphatic carbocycles. The van der Waals surface area contributed by atoms with Crippen molar-refractivity contribution in [1.82, 2.24) is 4.90 Å². The van der Waals surface area contributed by atoms with E-state index < -0.39 is 0 Å². The van der Waals surface area contributed by atoms with Gasteiger partial charge in [-0.05, 0) is 36.0 Å². The van der Waals surface area contributed by atoms with Gasteiger partial charge in [0, 0.05) is 24.4 Å². The number of carbonyl (C=O) groups is 1. The maximum atomic E-state index is 12.9. The van der Waals surface area contributed by atoms with Crippen LogP contribution in [0, 0.1) is 5.41 Å². The first-order chi connectivity index (χ1) is 13.2. The minimum atomic E-state index is -0.246. The molecule has 140 valence electrons. The van der Waals surface area contributed by atoms with E-state index in [4.69, 9.17) is 10.5 Å². The summed E-state index contributed by atoms with van der Waals surface area (Å²) in [5.41, 5.74) is 10.5. The van der Waals surface area contributed by atoms with E-state index in [1.807, 2.05) is 11.0 Å². The summed E-state index contributed by atoms with van der Waals surface area (Å²) in [6.07, 6.45) is 3.69. The lowest BCUT2D eigenvalue weighted by atomic mass is 9.91. The Morgan fingerprint density at radius 1 is 1.11 bits per heavy atom. The number of ether oxygens (including phenoxy) is 1. The van der Waals surface area contributed by atoms with Gasteiger partial charge in [-0.2, -0.15) is 0 Å². The predicted molar refractivity (Wildman–Crippen MR) is 105 cm³/mol. The van der Waals surface area contributed by atoms with Crippen molar-refractivity contribution in [2.75, 3.05) is 13.2 Å². The predicted octanol–water partition coefficient (Wildman–Crippen LogP) is 3.00. The number of carbonyl (C=O) groups excluding carboxylic acids is 1. The summed E-state index contributed by atoms with van der Waals surface area (Å²) in [7, 11) is 0.